The van der Waals surface area contributed by atoms with E-state index in [9.17, 15) is 8.42 Å². The van der Waals surface area contributed by atoms with Gasteiger partial charge in [-0.3, -0.25) is 4.72 Å². The fraction of sp³-hybridized carbons (Fsp3) is 0.250. The summed E-state index contributed by atoms with van der Waals surface area (Å²) in [5.74, 6) is 0. The highest BCUT2D eigenvalue weighted by Crippen LogP contribution is 2.21. The van der Waals surface area contributed by atoms with Gasteiger partial charge >= 0.3 is 0 Å². The van der Waals surface area contributed by atoms with Crippen LogP contribution in [-0.4, -0.2) is 20.4 Å². The Morgan fingerprint density at radius 2 is 1.95 bits per heavy atom. The monoisotopic (exact) mass is 297 g/mol. The van der Waals surface area contributed by atoms with E-state index in [0.717, 1.165) is 10.4 Å². The standard InChI is InChI=1S/C12H15N3O2S2/c1-9-7-14-12(18-9)15-19(16,17)11-5-3-10(4-6-11)8-13-2/h3-7,13H,8H2,1-2H3,(H,14,15). The molecule has 2 rings (SSSR count). The third-order valence-electron chi connectivity index (χ3n) is 2.46. The lowest BCUT2D eigenvalue weighted by atomic mass is 10.2. The van der Waals surface area contributed by atoms with Gasteiger partial charge in [-0.25, -0.2) is 13.4 Å². The molecule has 1 heterocycles. The van der Waals surface area contributed by atoms with Crippen LogP contribution in [0.4, 0.5) is 5.13 Å². The number of hydrogen-bond acceptors (Lipinski definition) is 5. The topological polar surface area (TPSA) is 71.1 Å². The normalized spacial score (nSPS) is 11.5. The Morgan fingerprint density at radius 1 is 1.26 bits per heavy atom. The molecule has 7 heteroatoms. The van der Waals surface area contributed by atoms with Crippen molar-refractivity contribution in [3.8, 4) is 0 Å². The second-order valence-corrected chi connectivity index (χ2v) is 6.97. The van der Waals surface area contributed by atoms with Gasteiger partial charge in [0.25, 0.3) is 10.0 Å². The lowest BCUT2D eigenvalue weighted by Gasteiger charge is -2.06. The summed E-state index contributed by atoms with van der Waals surface area (Å²) in [6.45, 7) is 2.58. The summed E-state index contributed by atoms with van der Waals surface area (Å²) in [6, 6.07) is 6.77. The zero-order chi connectivity index (χ0) is 13.9. The molecule has 0 saturated heterocycles. The lowest BCUT2D eigenvalue weighted by molar-refractivity contribution is 0.601. The molecular weight excluding hydrogens is 282 g/mol. The van der Waals surface area contributed by atoms with Crippen LogP contribution in [-0.2, 0) is 16.6 Å². The Balaban J connectivity index is 2.19. The van der Waals surface area contributed by atoms with Gasteiger partial charge in [-0.15, -0.1) is 11.3 Å². The first-order valence-corrected chi connectivity index (χ1v) is 8.00. The summed E-state index contributed by atoms with van der Waals surface area (Å²) in [5.41, 5.74) is 1.03. The van der Waals surface area contributed by atoms with E-state index in [0.29, 0.717) is 11.7 Å². The van der Waals surface area contributed by atoms with E-state index in [1.807, 2.05) is 14.0 Å². The fourth-order valence-corrected chi connectivity index (χ4v) is 3.47. The number of thiazole rings is 1. The second kappa shape index (κ2) is 5.68. The molecule has 0 radical (unpaired) electrons. The van der Waals surface area contributed by atoms with Crippen LogP contribution in [0.25, 0.3) is 0 Å². The fourth-order valence-electron chi connectivity index (χ4n) is 1.57. The van der Waals surface area contributed by atoms with E-state index in [2.05, 4.69) is 15.0 Å². The van der Waals surface area contributed by atoms with Gasteiger partial charge in [-0.05, 0) is 31.7 Å². The Bertz CT molecular complexity index is 648. The number of benzene rings is 1. The average molecular weight is 297 g/mol. The van der Waals surface area contributed by atoms with E-state index < -0.39 is 10.0 Å². The van der Waals surface area contributed by atoms with Crippen LogP contribution < -0.4 is 10.0 Å². The Hall–Kier alpha value is -1.44. The quantitative estimate of drug-likeness (QED) is 0.885. The molecule has 0 fully saturated rings. The van der Waals surface area contributed by atoms with E-state index >= 15 is 0 Å². The van der Waals surface area contributed by atoms with Crippen LogP contribution in [0.5, 0.6) is 0 Å². The number of nitrogens with zero attached hydrogens (tertiary/aromatic N) is 1. The molecule has 1 aromatic heterocycles. The van der Waals surface area contributed by atoms with Gasteiger partial charge in [0.15, 0.2) is 5.13 Å². The van der Waals surface area contributed by atoms with Crippen molar-refractivity contribution in [3.63, 3.8) is 0 Å². The first kappa shape index (κ1) is 14.0. The van der Waals surface area contributed by atoms with Gasteiger partial charge in [-0.1, -0.05) is 12.1 Å². The smallest absolute Gasteiger partial charge is 0.263 e. The predicted molar refractivity (Wildman–Crippen MR) is 76.9 cm³/mol. The van der Waals surface area contributed by atoms with Crippen LogP contribution in [0, 0.1) is 6.92 Å². The molecule has 0 aliphatic heterocycles. The van der Waals surface area contributed by atoms with Gasteiger partial charge in [0.05, 0.1) is 4.90 Å². The molecule has 2 N–H and O–H groups in total. The Morgan fingerprint density at radius 3 is 2.47 bits per heavy atom. The maximum absolute atomic E-state index is 12.1. The number of aromatic nitrogens is 1. The minimum absolute atomic E-state index is 0.236. The molecule has 19 heavy (non-hydrogen) atoms. The summed E-state index contributed by atoms with van der Waals surface area (Å²) in [4.78, 5) is 5.19. The van der Waals surface area contributed by atoms with Gasteiger partial charge in [-0.2, -0.15) is 0 Å². The molecule has 0 aliphatic rings. The van der Waals surface area contributed by atoms with Crippen LogP contribution in [0.15, 0.2) is 35.4 Å². The number of nitrogens with one attached hydrogen (secondary N) is 2. The molecule has 0 aliphatic carbocycles. The van der Waals surface area contributed by atoms with Crippen molar-refractivity contribution in [2.24, 2.45) is 0 Å². The molecule has 1 aromatic carbocycles. The molecule has 102 valence electrons. The molecule has 0 atom stereocenters. The van der Waals surface area contributed by atoms with Crippen molar-refractivity contribution < 1.29 is 8.42 Å². The van der Waals surface area contributed by atoms with Gasteiger partial charge < -0.3 is 5.32 Å². The van der Waals surface area contributed by atoms with E-state index in [4.69, 9.17) is 0 Å². The summed E-state index contributed by atoms with van der Waals surface area (Å²) >= 11 is 1.31. The number of hydrogen-bond donors (Lipinski definition) is 2. The van der Waals surface area contributed by atoms with Crippen molar-refractivity contribution in [2.75, 3.05) is 11.8 Å². The van der Waals surface area contributed by atoms with Crippen LogP contribution in [0.1, 0.15) is 10.4 Å². The van der Waals surface area contributed by atoms with E-state index in [1.54, 1.807) is 30.5 Å². The maximum Gasteiger partial charge on any atom is 0.263 e. The number of sulfonamides is 1. The number of rotatable bonds is 5. The highest BCUT2D eigenvalue weighted by Gasteiger charge is 2.15. The first-order valence-electron chi connectivity index (χ1n) is 5.70. The van der Waals surface area contributed by atoms with Crippen molar-refractivity contribution in [1.29, 1.82) is 0 Å². The molecule has 0 unspecified atom stereocenters. The predicted octanol–water partition coefficient (Wildman–Crippen LogP) is 1.97. The zero-order valence-corrected chi connectivity index (χ0v) is 12.3. The van der Waals surface area contributed by atoms with E-state index in [1.165, 1.54) is 11.3 Å². The summed E-state index contributed by atoms with van der Waals surface area (Å²) < 4.78 is 26.7. The molecule has 0 bridgehead atoms. The zero-order valence-electron chi connectivity index (χ0n) is 10.7. The van der Waals surface area contributed by atoms with Crippen LogP contribution in [0.3, 0.4) is 0 Å². The number of anilines is 1. The van der Waals surface area contributed by atoms with Crippen molar-refractivity contribution >= 4 is 26.5 Å². The molecule has 0 saturated carbocycles. The van der Waals surface area contributed by atoms with Gasteiger partial charge in [0.2, 0.25) is 0 Å². The molecule has 0 spiro atoms. The maximum atomic E-state index is 12.1. The second-order valence-electron chi connectivity index (χ2n) is 4.06. The van der Waals surface area contributed by atoms with Crippen molar-refractivity contribution in [2.45, 2.75) is 18.4 Å². The highest BCUT2D eigenvalue weighted by atomic mass is 32.2. The molecule has 0 amide bonds. The third kappa shape index (κ3) is 3.52. The van der Waals surface area contributed by atoms with Gasteiger partial charge in [0.1, 0.15) is 0 Å². The molecular formula is C12H15N3O2S2. The summed E-state index contributed by atoms with van der Waals surface area (Å²) in [6.07, 6.45) is 1.64. The first-order chi connectivity index (χ1) is 9.01. The van der Waals surface area contributed by atoms with Crippen molar-refractivity contribution in [3.05, 3.63) is 40.9 Å². The molecule has 2 aromatic rings. The Labute approximate surface area is 116 Å². The van der Waals surface area contributed by atoms with Crippen molar-refractivity contribution in [1.82, 2.24) is 10.3 Å². The minimum Gasteiger partial charge on any atom is -0.316 e. The SMILES string of the molecule is CNCc1ccc(S(=O)(=O)Nc2ncc(C)s2)cc1. The number of aryl methyl sites for hydroxylation is 1. The molecule has 5 nitrogen and oxygen atoms in total. The lowest BCUT2D eigenvalue weighted by Crippen LogP contribution is -2.13. The van der Waals surface area contributed by atoms with Crippen LogP contribution in [0.2, 0.25) is 0 Å². The van der Waals surface area contributed by atoms with E-state index in [-0.39, 0.29) is 4.90 Å². The summed E-state index contributed by atoms with van der Waals surface area (Å²) in [7, 11) is -1.71. The minimum atomic E-state index is -3.55. The highest BCUT2D eigenvalue weighted by molar-refractivity contribution is 7.93. The Kier molecular flexibility index (Phi) is 4.18. The van der Waals surface area contributed by atoms with Crippen LogP contribution >= 0.6 is 11.3 Å². The average Bonchev–Trinajstić information content (AvgIpc) is 2.75. The largest absolute Gasteiger partial charge is 0.316 e. The third-order valence-corrected chi connectivity index (χ3v) is 4.77. The van der Waals surface area contributed by atoms with Gasteiger partial charge in [0, 0.05) is 17.6 Å². The summed E-state index contributed by atoms with van der Waals surface area (Å²) in [5, 5.41) is 3.40.